The number of carbonyl (C=O) groups excluding carboxylic acids is 1. The quantitative estimate of drug-likeness (QED) is 0.539. The van der Waals surface area contributed by atoms with Crippen LogP contribution in [0.4, 0.5) is 10.1 Å². The van der Waals surface area contributed by atoms with Crippen LogP contribution in [-0.4, -0.2) is 59.3 Å². The number of piperazine rings is 1. The summed E-state index contributed by atoms with van der Waals surface area (Å²) in [5.41, 5.74) is 3.65. The maximum atomic E-state index is 14.2. The van der Waals surface area contributed by atoms with E-state index >= 15 is 0 Å². The van der Waals surface area contributed by atoms with E-state index in [0.717, 1.165) is 66.6 Å². The largest absolute Gasteiger partial charge is 0.369 e. The number of amides is 1. The van der Waals surface area contributed by atoms with Gasteiger partial charge in [0, 0.05) is 37.4 Å². The Morgan fingerprint density at radius 2 is 1.94 bits per heavy atom. The van der Waals surface area contributed by atoms with Crippen LogP contribution >= 0.6 is 11.8 Å². The van der Waals surface area contributed by atoms with Gasteiger partial charge in [-0.05, 0) is 50.1 Å². The molecule has 33 heavy (non-hydrogen) atoms. The van der Waals surface area contributed by atoms with Gasteiger partial charge in [0.25, 0.3) is 0 Å². The Hall–Kier alpha value is -2.58. The van der Waals surface area contributed by atoms with Crippen LogP contribution < -0.4 is 10.2 Å². The first-order valence-electron chi connectivity index (χ1n) is 11.5. The van der Waals surface area contributed by atoms with Crippen molar-refractivity contribution in [2.45, 2.75) is 32.2 Å². The molecule has 1 aliphatic heterocycles. The first kappa shape index (κ1) is 23.6. The van der Waals surface area contributed by atoms with Gasteiger partial charge in [-0.1, -0.05) is 19.1 Å². The van der Waals surface area contributed by atoms with Crippen molar-refractivity contribution in [3.63, 3.8) is 0 Å². The molecule has 4 rings (SSSR count). The number of carbonyl (C=O) groups is 1. The molecule has 1 saturated heterocycles. The van der Waals surface area contributed by atoms with Crippen LogP contribution in [0.1, 0.15) is 31.3 Å². The van der Waals surface area contributed by atoms with Crippen molar-refractivity contribution >= 4 is 34.4 Å². The molecule has 0 aliphatic carbocycles. The number of imidazole rings is 1. The highest BCUT2D eigenvalue weighted by Gasteiger charge is 2.22. The van der Waals surface area contributed by atoms with Crippen LogP contribution in [0, 0.1) is 5.82 Å². The molecule has 2 heterocycles. The molecule has 176 valence electrons. The lowest BCUT2D eigenvalue weighted by molar-refractivity contribution is -0.122. The summed E-state index contributed by atoms with van der Waals surface area (Å²) in [4.78, 5) is 22.5. The van der Waals surface area contributed by atoms with Crippen molar-refractivity contribution in [3.05, 3.63) is 59.7 Å². The number of anilines is 1. The normalized spacial score (nSPS) is 15.7. The molecular weight excluding hydrogens is 437 g/mol. The number of aromatic nitrogens is 2. The van der Waals surface area contributed by atoms with Crippen molar-refractivity contribution in [2.75, 3.05) is 43.9 Å². The fourth-order valence-electron chi connectivity index (χ4n) is 4.51. The van der Waals surface area contributed by atoms with Crippen LogP contribution in [-0.2, 0) is 17.1 Å². The van der Waals surface area contributed by atoms with E-state index in [2.05, 4.69) is 22.0 Å². The minimum Gasteiger partial charge on any atom is -0.369 e. The van der Waals surface area contributed by atoms with Gasteiger partial charge in [0.2, 0.25) is 5.91 Å². The summed E-state index contributed by atoms with van der Waals surface area (Å²) in [6.07, 6.45) is 2.03. The highest BCUT2D eigenvalue weighted by atomic mass is 32.2. The summed E-state index contributed by atoms with van der Waals surface area (Å²) in [7, 11) is 0. The number of nitrogens with one attached hydrogen (secondary N) is 1. The van der Waals surface area contributed by atoms with E-state index < -0.39 is 0 Å². The number of rotatable bonds is 8. The third-order valence-corrected chi connectivity index (χ3v) is 6.85. The summed E-state index contributed by atoms with van der Waals surface area (Å²) in [5, 5.41) is 3.10. The molecule has 3 aromatic rings. The summed E-state index contributed by atoms with van der Waals surface area (Å²) >= 11 is 1.68. The molecular formula is C25H32FN5OS. The Kier molecular flexibility index (Phi) is 7.55. The lowest BCUT2D eigenvalue weighted by Gasteiger charge is -2.37. The fourth-order valence-corrected chi connectivity index (χ4v) is 4.99. The van der Waals surface area contributed by atoms with Gasteiger partial charge in [-0.2, -0.15) is 11.8 Å². The Bertz CT molecular complexity index is 1110. The predicted molar refractivity (Wildman–Crippen MR) is 134 cm³/mol. The second-order valence-corrected chi connectivity index (χ2v) is 9.32. The fraction of sp³-hybridized carbons (Fsp3) is 0.440. The molecule has 1 fully saturated rings. The minimum atomic E-state index is -0.314. The van der Waals surface area contributed by atoms with Crippen molar-refractivity contribution in [3.8, 4) is 0 Å². The number of likely N-dealkylation sites (N-methyl/N-ethyl adjacent to an activating group) is 1. The Morgan fingerprint density at radius 3 is 2.67 bits per heavy atom. The molecule has 0 spiro atoms. The van der Waals surface area contributed by atoms with Crippen LogP contribution in [0.5, 0.6) is 0 Å². The molecule has 1 atom stereocenters. The lowest BCUT2D eigenvalue weighted by Crippen LogP contribution is -2.46. The van der Waals surface area contributed by atoms with Crippen LogP contribution in [0.2, 0.25) is 0 Å². The Morgan fingerprint density at radius 1 is 1.18 bits per heavy atom. The number of hydrogen-bond donors (Lipinski definition) is 1. The molecule has 6 nitrogen and oxygen atoms in total. The Labute approximate surface area is 199 Å². The standard InChI is InChI=1S/C25H32FN5OS/c1-4-29-11-13-30(14-12-29)22-10-9-19(26)15-20(22)18(2)27-25(32)16-31-23-8-6-5-7-21(23)28-24(31)17-33-3/h5-10,15,18H,4,11-14,16-17H2,1-3H3,(H,27,32). The molecule has 1 N–H and O–H groups in total. The van der Waals surface area contributed by atoms with Gasteiger partial charge < -0.3 is 19.7 Å². The molecule has 1 amide bonds. The van der Waals surface area contributed by atoms with Gasteiger partial charge in [-0.25, -0.2) is 9.37 Å². The minimum absolute atomic E-state index is 0.112. The average Bonchev–Trinajstić information content (AvgIpc) is 3.16. The third kappa shape index (κ3) is 5.33. The van der Waals surface area contributed by atoms with E-state index in [1.807, 2.05) is 48.1 Å². The number of benzene rings is 2. The molecule has 8 heteroatoms. The number of halogens is 1. The van der Waals surface area contributed by atoms with Gasteiger partial charge in [0.05, 0.1) is 22.8 Å². The number of para-hydroxylation sites is 2. The zero-order valence-electron chi connectivity index (χ0n) is 19.6. The van der Waals surface area contributed by atoms with Crippen LogP contribution in [0.3, 0.4) is 0 Å². The maximum Gasteiger partial charge on any atom is 0.240 e. The monoisotopic (exact) mass is 469 g/mol. The van der Waals surface area contributed by atoms with Crippen molar-refractivity contribution in [2.24, 2.45) is 0 Å². The number of fused-ring (bicyclic) bond motifs is 1. The molecule has 0 radical (unpaired) electrons. The van der Waals surface area contributed by atoms with Gasteiger partial charge in [-0.15, -0.1) is 0 Å². The average molecular weight is 470 g/mol. The van der Waals surface area contributed by atoms with Gasteiger partial charge in [-0.3, -0.25) is 4.79 Å². The topological polar surface area (TPSA) is 53.4 Å². The highest BCUT2D eigenvalue weighted by molar-refractivity contribution is 7.97. The smallest absolute Gasteiger partial charge is 0.240 e. The highest BCUT2D eigenvalue weighted by Crippen LogP contribution is 2.28. The molecule has 2 aromatic carbocycles. The number of thioether (sulfide) groups is 1. The molecule has 0 saturated carbocycles. The van der Waals surface area contributed by atoms with E-state index in [9.17, 15) is 9.18 Å². The molecule has 0 bridgehead atoms. The summed E-state index contributed by atoms with van der Waals surface area (Å²) < 4.78 is 16.2. The van der Waals surface area contributed by atoms with Gasteiger partial charge >= 0.3 is 0 Å². The van der Waals surface area contributed by atoms with Crippen molar-refractivity contribution in [1.29, 1.82) is 0 Å². The lowest BCUT2D eigenvalue weighted by atomic mass is 10.0. The predicted octanol–water partition coefficient (Wildman–Crippen LogP) is 4.06. The SMILES string of the molecule is CCN1CCN(c2ccc(F)cc2C(C)NC(=O)Cn2c(CSC)nc3ccccc32)CC1. The zero-order chi connectivity index (χ0) is 23.4. The first-order chi connectivity index (χ1) is 16.0. The maximum absolute atomic E-state index is 14.2. The van der Waals surface area contributed by atoms with Crippen molar-refractivity contribution < 1.29 is 9.18 Å². The van der Waals surface area contributed by atoms with Crippen LogP contribution in [0.15, 0.2) is 42.5 Å². The van der Waals surface area contributed by atoms with E-state index in [4.69, 9.17) is 4.98 Å². The van der Waals surface area contributed by atoms with Gasteiger partial charge in [0.1, 0.15) is 18.2 Å². The first-order valence-corrected chi connectivity index (χ1v) is 12.9. The number of hydrogen-bond acceptors (Lipinski definition) is 5. The summed E-state index contributed by atoms with van der Waals surface area (Å²) in [6, 6.07) is 12.5. The summed E-state index contributed by atoms with van der Waals surface area (Å²) in [6.45, 7) is 9.08. The Balaban J connectivity index is 1.52. The molecule has 1 unspecified atom stereocenters. The van der Waals surface area contributed by atoms with E-state index in [0.29, 0.717) is 0 Å². The van der Waals surface area contributed by atoms with E-state index in [1.165, 1.54) is 6.07 Å². The van der Waals surface area contributed by atoms with E-state index in [1.54, 1.807) is 17.8 Å². The zero-order valence-corrected chi connectivity index (χ0v) is 20.4. The number of nitrogens with zero attached hydrogens (tertiary/aromatic N) is 4. The third-order valence-electron chi connectivity index (χ3n) is 6.30. The van der Waals surface area contributed by atoms with Crippen LogP contribution in [0.25, 0.3) is 11.0 Å². The molecule has 1 aliphatic rings. The summed E-state index contributed by atoms with van der Waals surface area (Å²) in [5.74, 6) is 1.21. The second-order valence-electron chi connectivity index (χ2n) is 8.45. The van der Waals surface area contributed by atoms with E-state index in [-0.39, 0.29) is 24.3 Å². The second kappa shape index (κ2) is 10.6. The van der Waals surface area contributed by atoms with Gasteiger partial charge in [0.15, 0.2) is 0 Å². The van der Waals surface area contributed by atoms with Crippen molar-refractivity contribution in [1.82, 2.24) is 19.8 Å². The molecule has 1 aromatic heterocycles.